The third kappa shape index (κ3) is 2.95. The van der Waals surface area contributed by atoms with E-state index in [9.17, 15) is 10.2 Å². The third-order valence-electron chi connectivity index (χ3n) is 4.70. The smallest absolute Gasteiger partial charge is 0.119 e. The maximum atomic E-state index is 10.4. The van der Waals surface area contributed by atoms with Gasteiger partial charge in [0.05, 0.1) is 0 Å². The zero-order valence-corrected chi connectivity index (χ0v) is 12.8. The second-order valence-electron chi connectivity index (χ2n) is 6.15. The average molecular weight is 297 g/mol. The lowest BCUT2D eigenvalue weighted by molar-refractivity contribution is 0.414. The molecule has 3 nitrogen and oxygen atoms in total. The van der Waals surface area contributed by atoms with Crippen LogP contribution in [0.3, 0.4) is 0 Å². The lowest BCUT2D eigenvalue weighted by Gasteiger charge is -2.24. The minimum atomic E-state index is 0.254. The second kappa shape index (κ2) is 6.41. The summed E-state index contributed by atoms with van der Waals surface area (Å²) in [6.07, 6.45) is 6.05. The van der Waals surface area contributed by atoms with Gasteiger partial charge in [0.1, 0.15) is 11.5 Å². The molecule has 4 N–H and O–H groups in total. The summed E-state index contributed by atoms with van der Waals surface area (Å²) in [5.74, 6) is 1.07. The van der Waals surface area contributed by atoms with Gasteiger partial charge in [0.15, 0.2) is 0 Å². The highest BCUT2D eigenvalue weighted by Crippen LogP contribution is 2.40. The molecule has 2 aromatic rings. The summed E-state index contributed by atoms with van der Waals surface area (Å²) in [4.78, 5) is 0. The van der Waals surface area contributed by atoms with Crippen LogP contribution in [0.4, 0.5) is 0 Å². The SMILES string of the molecule is NCc1cc(O)c(C2CCCCC2)cc1-c1ccc(O)cc1. The number of benzene rings is 2. The van der Waals surface area contributed by atoms with Crippen molar-refractivity contribution in [2.75, 3.05) is 0 Å². The van der Waals surface area contributed by atoms with E-state index in [0.29, 0.717) is 18.2 Å². The van der Waals surface area contributed by atoms with E-state index in [1.807, 2.05) is 18.2 Å². The molecule has 0 amide bonds. The van der Waals surface area contributed by atoms with Crippen LogP contribution in [-0.2, 0) is 6.54 Å². The fraction of sp³-hybridized carbons (Fsp3) is 0.368. The highest BCUT2D eigenvalue weighted by Gasteiger charge is 2.20. The van der Waals surface area contributed by atoms with Crippen LogP contribution in [0.2, 0.25) is 0 Å². The minimum absolute atomic E-state index is 0.254. The molecular weight excluding hydrogens is 274 g/mol. The molecule has 1 fully saturated rings. The minimum Gasteiger partial charge on any atom is -0.508 e. The van der Waals surface area contributed by atoms with Crippen molar-refractivity contribution in [3.8, 4) is 22.6 Å². The molecule has 3 heteroatoms. The number of rotatable bonds is 3. The molecular formula is C19H23NO2. The van der Waals surface area contributed by atoms with Crippen LogP contribution in [-0.4, -0.2) is 10.2 Å². The monoisotopic (exact) mass is 297 g/mol. The molecule has 0 atom stereocenters. The molecule has 0 heterocycles. The van der Waals surface area contributed by atoms with Gasteiger partial charge in [-0.05, 0) is 65.3 Å². The highest BCUT2D eigenvalue weighted by molar-refractivity contribution is 5.70. The predicted molar refractivity (Wildman–Crippen MR) is 88.9 cm³/mol. The molecule has 0 radical (unpaired) electrons. The number of aromatic hydroxyl groups is 2. The Hall–Kier alpha value is -2.00. The third-order valence-corrected chi connectivity index (χ3v) is 4.70. The average Bonchev–Trinajstić information content (AvgIpc) is 2.56. The standard InChI is InChI=1S/C19H23NO2/c20-12-15-10-19(22)18(13-4-2-1-3-5-13)11-17(15)14-6-8-16(21)9-7-14/h6-11,13,21-22H,1-5,12,20H2. The number of phenolic OH excluding ortho intramolecular Hbond substituents is 2. The van der Waals surface area contributed by atoms with Crippen molar-refractivity contribution in [3.63, 3.8) is 0 Å². The molecule has 1 aliphatic carbocycles. The van der Waals surface area contributed by atoms with Crippen molar-refractivity contribution in [2.45, 2.75) is 44.6 Å². The van der Waals surface area contributed by atoms with Gasteiger partial charge in [-0.3, -0.25) is 0 Å². The quantitative estimate of drug-likeness (QED) is 0.792. The van der Waals surface area contributed by atoms with Gasteiger partial charge in [0.25, 0.3) is 0 Å². The van der Waals surface area contributed by atoms with E-state index in [1.165, 1.54) is 19.3 Å². The van der Waals surface area contributed by atoms with Crippen molar-refractivity contribution in [1.82, 2.24) is 0 Å². The van der Waals surface area contributed by atoms with Gasteiger partial charge in [0.2, 0.25) is 0 Å². The van der Waals surface area contributed by atoms with Gasteiger partial charge in [-0.2, -0.15) is 0 Å². The van der Waals surface area contributed by atoms with Gasteiger partial charge in [-0.1, -0.05) is 31.4 Å². The van der Waals surface area contributed by atoms with E-state index < -0.39 is 0 Å². The fourth-order valence-electron chi connectivity index (χ4n) is 3.47. The van der Waals surface area contributed by atoms with Crippen molar-refractivity contribution >= 4 is 0 Å². The highest BCUT2D eigenvalue weighted by atomic mass is 16.3. The molecule has 0 aliphatic heterocycles. The first-order chi connectivity index (χ1) is 10.7. The lowest BCUT2D eigenvalue weighted by atomic mass is 9.82. The Morgan fingerprint density at radius 1 is 0.955 bits per heavy atom. The zero-order chi connectivity index (χ0) is 15.5. The molecule has 3 rings (SSSR count). The van der Waals surface area contributed by atoms with Crippen LogP contribution in [0.25, 0.3) is 11.1 Å². The topological polar surface area (TPSA) is 66.5 Å². The van der Waals surface area contributed by atoms with Crippen molar-refractivity contribution < 1.29 is 10.2 Å². The number of hydrogen-bond acceptors (Lipinski definition) is 3. The normalized spacial score (nSPS) is 15.9. The maximum absolute atomic E-state index is 10.4. The van der Waals surface area contributed by atoms with Crippen LogP contribution in [0.1, 0.15) is 49.1 Å². The summed E-state index contributed by atoms with van der Waals surface area (Å²) >= 11 is 0. The van der Waals surface area contributed by atoms with Gasteiger partial charge in [-0.25, -0.2) is 0 Å². The van der Waals surface area contributed by atoms with Crippen LogP contribution >= 0.6 is 0 Å². The van der Waals surface area contributed by atoms with E-state index in [0.717, 1.165) is 35.1 Å². The Morgan fingerprint density at radius 2 is 1.64 bits per heavy atom. The van der Waals surface area contributed by atoms with E-state index in [4.69, 9.17) is 5.73 Å². The van der Waals surface area contributed by atoms with Crippen molar-refractivity contribution in [3.05, 3.63) is 47.5 Å². The van der Waals surface area contributed by atoms with Crippen LogP contribution in [0, 0.1) is 0 Å². The Labute approximate surface area is 131 Å². The molecule has 2 aromatic carbocycles. The first-order valence-corrected chi connectivity index (χ1v) is 8.04. The van der Waals surface area contributed by atoms with E-state index >= 15 is 0 Å². The van der Waals surface area contributed by atoms with Gasteiger partial charge in [-0.15, -0.1) is 0 Å². The fourth-order valence-corrected chi connectivity index (χ4v) is 3.47. The predicted octanol–water partition coefficient (Wildman–Crippen LogP) is 4.27. The molecule has 22 heavy (non-hydrogen) atoms. The lowest BCUT2D eigenvalue weighted by Crippen LogP contribution is -2.07. The molecule has 0 aromatic heterocycles. The molecule has 0 saturated heterocycles. The Morgan fingerprint density at radius 3 is 2.27 bits per heavy atom. The van der Waals surface area contributed by atoms with E-state index in [-0.39, 0.29) is 5.75 Å². The molecule has 1 aliphatic rings. The maximum Gasteiger partial charge on any atom is 0.119 e. The Bertz CT molecular complexity index is 643. The largest absolute Gasteiger partial charge is 0.508 e. The van der Waals surface area contributed by atoms with E-state index in [2.05, 4.69) is 6.07 Å². The first kappa shape index (κ1) is 14.9. The molecule has 0 spiro atoms. The Balaban J connectivity index is 2.05. The summed E-state index contributed by atoms with van der Waals surface area (Å²) in [7, 11) is 0. The summed E-state index contributed by atoms with van der Waals surface area (Å²) < 4.78 is 0. The van der Waals surface area contributed by atoms with Crippen molar-refractivity contribution in [2.24, 2.45) is 5.73 Å². The number of hydrogen-bond donors (Lipinski definition) is 3. The summed E-state index contributed by atoms with van der Waals surface area (Å²) in [5, 5.41) is 19.9. The molecule has 1 saturated carbocycles. The molecule has 0 unspecified atom stereocenters. The van der Waals surface area contributed by atoms with Crippen molar-refractivity contribution in [1.29, 1.82) is 0 Å². The van der Waals surface area contributed by atoms with Gasteiger partial charge < -0.3 is 15.9 Å². The van der Waals surface area contributed by atoms with Crippen LogP contribution in [0.5, 0.6) is 11.5 Å². The van der Waals surface area contributed by atoms with Gasteiger partial charge >= 0.3 is 0 Å². The van der Waals surface area contributed by atoms with Gasteiger partial charge in [0, 0.05) is 6.54 Å². The van der Waals surface area contributed by atoms with E-state index in [1.54, 1.807) is 12.1 Å². The molecule has 0 bridgehead atoms. The zero-order valence-electron chi connectivity index (χ0n) is 12.8. The Kier molecular flexibility index (Phi) is 4.34. The molecule has 116 valence electrons. The summed E-state index contributed by atoms with van der Waals surface area (Å²) in [6, 6.07) is 11.1. The second-order valence-corrected chi connectivity index (χ2v) is 6.15. The number of phenols is 2. The summed E-state index contributed by atoms with van der Waals surface area (Å²) in [5.41, 5.74) is 9.91. The van der Waals surface area contributed by atoms with Crippen LogP contribution in [0.15, 0.2) is 36.4 Å². The number of nitrogens with two attached hydrogens (primary N) is 1. The summed E-state index contributed by atoms with van der Waals surface area (Å²) in [6.45, 7) is 0.384. The van der Waals surface area contributed by atoms with Crippen LogP contribution < -0.4 is 5.73 Å². The first-order valence-electron chi connectivity index (χ1n) is 8.04.